The van der Waals surface area contributed by atoms with E-state index < -0.39 is 10.0 Å². The quantitative estimate of drug-likeness (QED) is 0.759. The summed E-state index contributed by atoms with van der Waals surface area (Å²) in [5.41, 5.74) is 6.98. The van der Waals surface area contributed by atoms with Crippen molar-refractivity contribution < 1.29 is 8.42 Å². The Morgan fingerprint density at radius 1 is 1.21 bits per heavy atom. The zero-order valence-electron chi connectivity index (χ0n) is 11.8. The molecule has 2 N–H and O–H groups in total. The van der Waals surface area contributed by atoms with Gasteiger partial charge in [0, 0.05) is 25.3 Å². The number of hydrogen-bond acceptors (Lipinski definition) is 4. The van der Waals surface area contributed by atoms with Crippen molar-refractivity contribution in [2.45, 2.75) is 12.7 Å². The zero-order chi connectivity index (χ0) is 14.5. The number of nitrogens with two attached hydrogens (primary N) is 1. The van der Waals surface area contributed by atoms with Gasteiger partial charge < -0.3 is 10.6 Å². The van der Waals surface area contributed by atoms with E-state index in [1.165, 1.54) is 4.31 Å². The molecule has 6 heteroatoms. The zero-order valence-corrected chi connectivity index (χ0v) is 12.7. The molecule has 0 fully saturated rings. The molecular formula is C13H23N3O2S. The van der Waals surface area contributed by atoms with Gasteiger partial charge in [-0.25, -0.2) is 12.7 Å². The second-order valence-electron chi connectivity index (χ2n) is 4.80. The third-order valence-corrected chi connectivity index (χ3v) is 4.77. The van der Waals surface area contributed by atoms with Gasteiger partial charge >= 0.3 is 0 Å². The number of rotatable bonds is 7. The maximum atomic E-state index is 12.3. The fourth-order valence-electron chi connectivity index (χ4n) is 1.79. The van der Waals surface area contributed by atoms with Crippen LogP contribution < -0.4 is 5.73 Å². The first kappa shape index (κ1) is 15.9. The van der Waals surface area contributed by atoms with Crippen LogP contribution in [0.25, 0.3) is 0 Å². The predicted molar refractivity (Wildman–Crippen MR) is 79.3 cm³/mol. The second-order valence-corrected chi connectivity index (χ2v) is 6.77. The molecule has 5 nitrogen and oxygen atoms in total. The fourth-order valence-corrected chi connectivity index (χ4v) is 3.33. The van der Waals surface area contributed by atoms with Crippen LogP contribution in [0.1, 0.15) is 12.5 Å². The number of benzene rings is 1. The lowest BCUT2D eigenvalue weighted by molar-refractivity contribution is 0.340. The Morgan fingerprint density at radius 2 is 1.89 bits per heavy atom. The average molecular weight is 285 g/mol. The van der Waals surface area contributed by atoms with E-state index in [-0.39, 0.29) is 5.75 Å². The van der Waals surface area contributed by atoms with Crippen molar-refractivity contribution in [1.29, 1.82) is 0 Å². The molecule has 1 aromatic rings. The van der Waals surface area contributed by atoms with Crippen molar-refractivity contribution in [2.24, 2.45) is 0 Å². The van der Waals surface area contributed by atoms with E-state index in [2.05, 4.69) is 0 Å². The fraction of sp³-hybridized carbons (Fsp3) is 0.538. The summed E-state index contributed by atoms with van der Waals surface area (Å²) in [5, 5.41) is 0. The topological polar surface area (TPSA) is 66.6 Å². The number of nitrogen functional groups attached to an aromatic ring is 1. The summed E-state index contributed by atoms with van der Waals surface area (Å²) in [7, 11) is 0.571. The molecule has 0 aliphatic carbocycles. The van der Waals surface area contributed by atoms with Gasteiger partial charge in [-0.2, -0.15) is 0 Å². The van der Waals surface area contributed by atoms with Crippen LogP contribution in [0.3, 0.4) is 0 Å². The summed E-state index contributed by atoms with van der Waals surface area (Å²) >= 11 is 0. The molecule has 0 saturated carbocycles. The van der Waals surface area contributed by atoms with Crippen LogP contribution in [-0.2, 0) is 15.8 Å². The Hall–Kier alpha value is -1.11. The summed E-state index contributed by atoms with van der Waals surface area (Å²) in [4.78, 5) is 1.97. The molecule has 0 atom stereocenters. The average Bonchev–Trinajstić information content (AvgIpc) is 2.28. The highest BCUT2D eigenvalue weighted by Gasteiger charge is 2.20. The van der Waals surface area contributed by atoms with Crippen molar-refractivity contribution in [2.75, 3.05) is 39.5 Å². The van der Waals surface area contributed by atoms with Crippen molar-refractivity contribution in [3.8, 4) is 0 Å². The van der Waals surface area contributed by atoms with E-state index in [4.69, 9.17) is 5.73 Å². The van der Waals surface area contributed by atoms with Crippen LogP contribution in [-0.4, -0.2) is 51.4 Å². The van der Waals surface area contributed by atoms with Gasteiger partial charge in [-0.05, 0) is 31.8 Å². The molecule has 0 radical (unpaired) electrons. The number of anilines is 1. The van der Waals surface area contributed by atoms with Crippen molar-refractivity contribution in [3.63, 3.8) is 0 Å². The maximum absolute atomic E-state index is 12.3. The first-order valence-electron chi connectivity index (χ1n) is 6.32. The van der Waals surface area contributed by atoms with Crippen molar-refractivity contribution in [1.82, 2.24) is 9.21 Å². The normalized spacial score (nSPS) is 12.3. The molecule has 0 saturated heterocycles. The molecule has 1 aromatic carbocycles. The summed E-state index contributed by atoms with van der Waals surface area (Å²) in [5.74, 6) is -0.000686. The summed E-state index contributed by atoms with van der Waals surface area (Å²) in [6.45, 7) is 3.56. The van der Waals surface area contributed by atoms with Crippen LogP contribution in [0.15, 0.2) is 24.3 Å². The molecule has 0 aliphatic heterocycles. The minimum absolute atomic E-state index is 0.000686. The van der Waals surface area contributed by atoms with Crippen LogP contribution in [0.2, 0.25) is 0 Å². The number of sulfonamides is 1. The molecule has 1 rings (SSSR count). The van der Waals surface area contributed by atoms with Crippen LogP contribution in [0, 0.1) is 0 Å². The van der Waals surface area contributed by atoms with Crippen LogP contribution in [0.5, 0.6) is 0 Å². The molecule has 0 bridgehead atoms. The molecule has 0 aromatic heterocycles. The third-order valence-electron chi connectivity index (χ3n) is 2.84. The Balaban J connectivity index is 2.78. The largest absolute Gasteiger partial charge is 0.399 e. The lowest BCUT2D eigenvalue weighted by Gasteiger charge is -2.22. The van der Waals surface area contributed by atoms with E-state index in [0.717, 1.165) is 5.56 Å². The summed E-state index contributed by atoms with van der Waals surface area (Å²) < 4.78 is 26.2. The van der Waals surface area contributed by atoms with Gasteiger partial charge in [0.15, 0.2) is 0 Å². The maximum Gasteiger partial charge on any atom is 0.218 e. The minimum Gasteiger partial charge on any atom is -0.399 e. The van der Waals surface area contributed by atoms with Gasteiger partial charge in [0.25, 0.3) is 0 Å². The molecule has 0 spiro atoms. The molecular weight excluding hydrogens is 262 g/mol. The number of hydrogen-bond donors (Lipinski definition) is 1. The Labute approximate surface area is 116 Å². The molecule has 0 aliphatic rings. The van der Waals surface area contributed by atoms with Crippen molar-refractivity contribution in [3.05, 3.63) is 29.8 Å². The third kappa shape index (κ3) is 5.18. The number of likely N-dealkylation sites (N-methyl/N-ethyl adjacent to an activating group) is 2. The predicted octanol–water partition coefficient (Wildman–Crippen LogP) is 0.982. The van der Waals surface area contributed by atoms with Gasteiger partial charge in [-0.1, -0.05) is 19.1 Å². The smallest absolute Gasteiger partial charge is 0.218 e. The van der Waals surface area contributed by atoms with Gasteiger partial charge in [0.2, 0.25) is 10.0 Å². The highest BCUT2D eigenvalue weighted by atomic mass is 32.2. The first-order chi connectivity index (χ1) is 8.85. The lowest BCUT2D eigenvalue weighted by Crippen LogP contribution is -2.37. The molecule has 108 valence electrons. The van der Waals surface area contributed by atoms with E-state index in [0.29, 0.717) is 25.3 Å². The van der Waals surface area contributed by atoms with E-state index in [1.807, 2.05) is 25.9 Å². The Morgan fingerprint density at radius 3 is 2.42 bits per heavy atom. The molecule has 0 unspecified atom stereocenters. The number of nitrogens with zero attached hydrogens (tertiary/aromatic N) is 2. The first-order valence-corrected chi connectivity index (χ1v) is 7.93. The second kappa shape index (κ2) is 6.88. The molecule has 0 heterocycles. The van der Waals surface area contributed by atoms with Gasteiger partial charge in [-0.15, -0.1) is 0 Å². The van der Waals surface area contributed by atoms with Crippen LogP contribution >= 0.6 is 0 Å². The Bertz CT molecular complexity index is 500. The Kier molecular flexibility index (Phi) is 5.78. The van der Waals surface area contributed by atoms with Gasteiger partial charge in [-0.3, -0.25) is 0 Å². The molecule has 19 heavy (non-hydrogen) atoms. The van der Waals surface area contributed by atoms with Gasteiger partial charge in [0.05, 0.1) is 5.75 Å². The highest BCUT2D eigenvalue weighted by Crippen LogP contribution is 2.13. The van der Waals surface area contributed by atoms with Crippen LogP contribution in [0.4, 0.5) is 5.69 Å². The van der Waals surface area contributed by atoms with Gasteiger partial charge in [0.1, 0.15) is 0 Å². The highest BCUT2D eigenvalue weighted by molar-refractivity contribution is 7.88. The van der Waals surface area contributed by atoms with E-state index in [1.54, 1.807) is 24.3 Å². The van der Waals surface area contributed by atoms with E-state index >= 15 is 0 Å². The van der Waals surface area contributed by atoms with E-state index in [9.17, 15) is 8.42 Å². The minimum atomic E-state index is -3.29. The SMILES string of the molecule is CCN(CCN(C)C)S(=O)(=O)Cc1cccc(N)c1. The molecule has 0 amide bonds. The summed E-state index contributed by atoms with van der Waals surface area (Å²) in [6, 6.07) is 7.01. The standard InChI is InChI=1S/C13H23N3O2S/c1-4-16(9-8-15(2)3)19(17,18)11-12-6-5-7-13(14)10-12/h5-7,10H,4,8-9,11,14H2,1-3H3. The monoisotopic (exact) mass is 285 g/mol. The van der Waals surface area contributed by atoms with Crippen molar-refractivity contribution >= 4 is 15.7 Å². The summed E-state index contributed by atoms with van der Waals surface area (Å²) in [6.07, 6.45) is 0. The lowest BCUT2D eigenvalue weighted by atomic mass is 10.2.